The fraction of sp³-hybridized carbons (Fsp3) is 0.412. The van der Waals surface area contributed by atoms with Crippen molar-refractivity contribution in [2.45, 2.75) is 45.2 Å². The minimum atomic E-state index is -0.448. The number of carbonyl (C=O) groups is 1. The average molecular weight is 352 g/mol. The molecular formula is C17H19Cl2N3O. The molecule has 0 spiro atoms. The quantitative estimate of drug-likeness (QED) is 0.639. The number of nitrogens with one attached hydrogen (secondary N) is 1. The molecule has 1 aliphatic rings. The topological polar surface area (TPSA) is 56.1 Å². The number of carbonyl (C=O) groups excluding carboxylic acids is 1. The molecule has 2 atom stereocenters. The van der Waals surface area contributed by atoms with E-state index in [4.69, 9.17) is 23.2 Å². The molecular weight excluding hydrogens is 333 g/mol. The van der Waals surface area contributed by atoms with Gasteiger partial charge in [0.05, 0.1) is 10.0 Å². The number of benzene rings is 1. The van der Waals surface area contributed by atoms with Crippen LogP contribution in [0.3, 0.4) is 0 Å². The molecule has 6 heteroatoms. The molecule has 1 saturated heterocycles. The number of piperidine rings is 1. The Morgan fingerprint density at radius 1 is 1.30 bits per heavy atom. The second kappa shape index (κ2) is 7.72. The third-order valence-corrected chi connectivity index (χ3v) is 4.82. The molecule has 1 aromatic carbocycles. The molecule has 0 bridgehead atoms. The molecule has 0 radical (unpaired) electrons. The lowest BCUT2D eigenvalue weighted by Gasteiger charge is -2.38. The van der Waals surface area contributed by atoms with Crippen molar-refractivity contribution in [1.82, 2.24) is 4.90 Å². The van der Waals surface area contributed by atoms with Crippen LogP contribution in [0.25, 0.3) is 0 Å². The summed E-state index contributed by atoms with van der Waals surface area (Å²) in [5.74, 6) is -0.448. The van der Waals surface area contributed by atoms with Gasteiger partial charge in [-0.15, -0.1) is 0 Å². The third kappa shape index (κ3) is 4.40. The molecule has 1 heterocycles. The van der Waals surface area contributed by atoms with E-state index >= 15 is 0 Å². The lowest BCUT2D eigenvalue weighted by Crippen LogP contribution is -2.40. The monoisotopic (exact) mass is 351 g/mol. The maximum Gasteiger partial charge on any atom is 0.267 e. The van der Waals surface area contributed by atoms with Crippen molar-refractivity contribution in [3.8, 4) is 6.07 Å². The lowest BCUT2D eigenvalue weighted by atomic mass is 9.98. The van der Waals surface area contributed by atoms with E-state index in [-0.39, 0.29) is 5.57 Å². The molecule has 2 unspecified atom stereocenters. The predicted molar refractivity (Wildman–Crippen MR) is 93.4 cm³/mol. The van der Waals surface area contributed by atoms with Crippen molar-refractivity contribution in [1.29, 1.82) is 5.26 Å². The Labute approximate surface area is 146 Å². The Kier molecular flexibility index (Phi) is 5.92. The summed E-state index contributed by atoms with van der Waals surface area (Å²) in [7, 11) is 0. The summed E-state index contributed by atoms with van der Waals surface area (Å²) in [5.41, 5.74) is 0.585. The van der Waals surface area contributed by atoms with E-state index in [1.807, 2.05) is 6.07 Å². The molecule has 4 nitrogen and oxygen atoms in total. The molecule has 1 fully saturated rings. The zero-order valence-corrected chi connectivity index (χ0v) is 14.7. The largest absolute Gasteiger partial charge is 0.371 e. The van der Waals surface area contributed by atoms with Crippen LogP contribution in [0.2, 0.25) is 10.0 Å². The van der Waals surface area contributed by atoms with E-state index in [9.17, 15) is 10.1 Å². The number of amides is 1. The maximum atomic E-state index is 12.3. The number of rotatable bonds is 3. The van der Waals surface area contributed by atoms with Gasteiger partial charge in [-0.2, -0.15) is 5.26 Å². The van der Waals surface area contributed by atoms with Gasteiger partial charge in [0, 0.05) is 24.0 Å². The highest BCUT2D eigenvalue weighted by molar-refractivity contribution is 6.42. The summed E-state index contributed by atoms with van der Waals surface area (Å²) >= 11 is 11.8. The Bertz CT molecular complexity index is 656. The van der Waals surface area contributed by atoms with Crippen LogP contribution in [0.5, 0.6) is 0 Å². The number of hydrogen-bond donors (Lipinski definition) is 1. The van der Waals surface area contributed by atoms with Crippen molar-refractivity contribution in [3.63, 3.8) is 0 Å². The van der Waals surface area contributed by atoms with Crippen molar-refractivity contribution in [2.75, 3.05) is 5.32 Å². The van der Waals surface area contributed by atoms with Gasteiger partial charge in [-0.05, 0) is 51.3 Å². The number of nitriles is 1. The Hall–Kier alpha value is -1.70. The standard InChI is InChI=1S/C17H19Cl2N3O/c1-11-4-3-5-12(2)22(11)10-13(9-20)17(23)21-14-6-7-15(18)16(19)8-14/h6-8,10-12H,3-5H2,1-2H3,(H,21,23)/b13-10-. The van der Waals surface area contributed by atoms with Crippen molar-refractivity contribution >= 4 is 34.8 Å². The molecule has 1 N–H and O–H groups in total. The summed E-state index contributed by atoms with van der Waals surface area (Å²) in [6.07, 6.45) is 4.97. The van der Waals surface area contributed by atoms with E-state index in [2.05, 4.69) is 24.1 Å². The molecule has 122 valence electrons. The van der Waals surface area contributed by atoms with E-state index in [1.165, 1.54) is 6.42 Å². The fourth-order valence-corrected chi connectivity index (χ4v) is 3.05. The van der Waals surface area contributed by atoms with Gasteiger partial charge < -0.3 is 10.2 Å². The minimum absolute atomic E-state index is 0.0803. The number of anilines is 1. The normalized spacial score (nSPS) is 21.7. The van der Waals surface area contributed by atoms with Crippen LogP contribution in [0.15, 0.2) is 30.0 Å². The van der Waals surface area contributed by atoms with Gasteiger partial charge in [-0.1, -0.05) is 23.2 Å². The summed E-state index contributed by atoms with van der Waals surface area (Å²) < 4.78 is 0. The van der Waals surface area contributed by atoms with Crippen LogP contribution in [0, 0.1) is 11.3 Å². The Morgan fingerprint density at radius 2 is 1.96 bits per heavy atom. The highest BCUT2D eigenvalue weighted by Crippen LogP contribution is 2.26. The fourth-order valence-electron chi connectivity index (χ4n) is 2.76. The van der Waals surface area contributed by atoms with Gasteiger partial charge in [0.1, 0.15) is 11.6 Å². The second-order valence-corrected chi connectivity index (χ2v) is 6.63. The molecule has 2 rings (SSSR count). The van der Waals surface area contributed by atoms with Gasteiger partial charge in [0.2, 0.25) is 0 Å². The van der Waals surface area contributed by atoms with Crippen molar-refractivity contribution in [3.05, 3.63) is 40.0 Å². The van der Waals surface area contributed by atoms with E-state index in [0.29, 0.717) is 27.8 Å². The summed E-state index contributed by atoms with van der Waals surface area (Å²) in [6.45, 7) is 4.22. The van der Waals surface area contributed by atoms with Crippen molar-refractivity contribution in [2.24, 2.45) is 0 Å². The molecule has 23 heavy (non-hydrogen) atoms. The first-order valence-corrected chi connectivity index (χ1v) is 8.33. The average Bonchev–Trinajstić information content (AvgIpc) is 2.50. The maximum absolute atomic E-state index is 12.3. The molecule has 1 aliphatic heterocycles. The molecule has 1 aromatic rings. The first-order valence-electron chi connectivity index (χ1n) is 7.58. The smallest absolute Gasteiger partial charge is 0.267 e. The molecule has 0 saturated carbocycles. The number of likely N-dealkylation sites (tertiary alicyclic amines) is 1. The zero-order valence-electron chi connectivity index (χ0n) is 13.1. The highest BCUT2D eigenvalue weighted by atomic mass is 35.5. The summed E-state index contributed by atoms with van der Waals surface area (Å²) in [6, 6.07) is 7.43. The minimum Gasteiger partial charge on any atom is -0.371 e. The lowest BCUT2D eigenvalue weighted by molar-refractivity contribution is -0.112. The van der Waals surface area contributed by atoms with E-state index < -0.39 is 5.91 Å². The van der Waals surface area contributed by atoms with Crippen LogP contribution in [0.4, 0.5) is 5.69 Å². The SMILES string of the molecule is CC1CCCC(C)N1/C=C(/C#N)C(=O)Nc1ccc(Cl)c(Cl)c1. The van der Waals surface area contributed by atoms with Gasteiger partial charge in [0.15, 0.2) is 0 Å². The predicted octanol–water partition coefficient (Wildman–Crippen LogP) is 4.60. The molecule has 0 aromatic heterocycles. The first kappa shape index (κ1) is 17.7. The van der Waals surface area contributed by atoms with Crippen LogP contribution in [0.1, 0.15) is 33.1 Å². The van der Waals surface area contributed by atoms with Crippen LogP contribution in [-0.2, 0) is 4.79 Å². The molecule has 0 aliphatic carbocycles. The Morgan fingerprint density at radius 3 is 2.52 bits per heavy atom. The number of hydrogen-bond acceptors (Lipinski definition) is 3. The van der Waals surface area contributed by atoms with Crippen LogP contribution in [-0.4, -0.2) is 22.9 Å². The van der Waals surface area contributed by atoms with E-state index in [0.717, 1.165) is 12.8 Å². The Balaban J connectivity index is 2.16. The van der Waals surface area contributed by atoms with Crippen LogP contribution >= 0.6 is 23.2 Å². The van der Waals surface area contributed by atoms with E-state index in [1.54, 1.807) is 24.4 Å². The third-order valence-electron chi connectivity index (χ3n) is 4.08. The highest BCUT2D eigenvalue weighted by Gasteiger charge is 2.23. The zero-order chi connectivity index (χ0) is 17.0. The van der Waals surface area contributed by atoms with Gasteiger partial charge in [-0.3, -0.25) is 4.79 Å². The van der Waals surface area contributed by atoms with Gasteiger partial charge in [0.25, 0.3) is 5.91 Å². The summed E-state index contributed by atoms with van der Waals surface area (Å²) in [4.78, 5) is 14.4. The van der Waals surface area contributed by atoms with Gasteiger partial charge in [-0.25, -0.2) is 0 Å². The van der Waals surface area contributed by atoms with Crippen molar-refractivity contribution < 1.29 is 4.79 Å². The molecule has 1 amide bonds. The van der Waals surface area contributed by atoms with Crippen LogP contribution < -0.4 is 5.32 Å². The first-order chi connectivity index (χ1) is 10.9. The van der Waals surface area contributed by atoms with Gasteiger partial charge >= 0.3 is 0 Å². The number of halogens is 2. The number of nitrogens with zero attached hydrogens (tertiary/aromatic N) is 2. The second-order valence-electron chi connectivity index (χ2n) is 5.81. The summed E-state index contributed by atoms with van der Waals surface area (Å²) in [5, 5.41) is 12.8.